The zero-order valence-corrected chi connectivity index (χ0v) is 19.5. The van der Waals surface area contributed by atoms with Crippen molar-refractivity contribution in [1.82, 2.24) is 13.9 Å². The summed E-state index contributed by atoms with van der Waals surface area (Å²) in [4.78, 5) is 4.98. The van der Waals surface area contributed by atoms with Gasteiger partial charge in [-0.15, -0.1) is 0 Å². The number of imidazole rings is 1. The predicted molar refractivity (Wildman–Crippen MR) is 121 cm³/mol. The molecule has 0 amide bonds. The van der Waals surface area contributed by atoms with Crippen molar-refractivity contribution in [3.63, 3.8) is 0 Å². The van der Waals surface area contributed by atoms with Gasteiger partial charge in [-0.25, -0.2) is 13.4 Å². The molecule has 0 spiro atoms. The molecule has 30 heavy (non-hydrogen) atoms. The molecule has 0 unspecified atom stereocenters. The Morgan fingerprint density at radius 2 is 1.87 bits per heavy atom. The number of ether oxygens (including phenoxy) is 1. The molecule has 10 heteroatoms. The number of hydrogen-bond donors (Lipinski definition) is 0. The van der Waals surface area contributed by atoms with Crippen molar-refractivity contribution >= 4 is 56.0 Å². The van der Waals surface area contributed by atoms with Gasteiger partial charge < -0.3 is 9.30 Å². The fraction of sp³-hybridized carbons (Fsp3) is 0.350. The van der Waals surface area contributed by atoms with Gasteiger partial charge >= 0.3 is 0 Å². The third-order valence-electron chi connectivity index (χ3n) is 4.96. The van der Waals surface area contributed by atoms with E-state index in [1.807, 2.05) is 25.1 Å². The molecule has 1 saturated heterocycles. The van der Waals surface area contributed by atoms with Crippen LogP contribution in [0.25, 0.3) is 11.0 Å². The quantitative estimate of drug-likeness (QED) is 0.474. The Kier molecular flexibility index (Phi) is 6.62. The summed E-state index contributed by atoms with van der Waals surface area (Å²) in [6.45, 7) is 4.35. The molecule has 0 N–H and O–H groups in total. The van der Waals surface area contributed by atoms with E-state index in [1.54, 1.807) is 30.0 Å². The molecule has 1 aliphatic rings. The van der Waals surface area contributed by atoms with Crippen LogP contribution in [0.4, 0.5) is 0 Å². The van der Waals surface area contributed by atoms with Gasteiger partial charge in [0.25, 0.3) is 0 Å². The van der Waals surface area contributed by atoms with Gasteiger partial charge in [0.2, 0.25) is 10.0 Å². The van der Waals surface area contributed by atoms with E-state index in [4.69, 9.17) is 32.9 Å². The molecule has 4 rings (SSSR count). The van der Waals surface area contributed by atoms with Gasteiger partial charge in [0, 0.05) is 25.4 Å². The molecular formula is C20H21Cl2N3O3S2. The maximum Gasteiger partial charge on any atom is 0.243 e. The van der Waals surface area contributed by atoms with Crippen molar-refractivity contribution in [3.8, 4) is 0 Å². The number of aryl methyl sites for hydroxylation is 1. The molecule has 2 heterocycles. The molecule has 160 valence electrons. The second kappa shape index (κ2) is 9.06. The number of aromatic nitrogens is 2. The average Bonchev–Trinajstić information content (AvgIpc) is 3.12. The number of rotatable bonds is 6. The van der Waals surface area contributed by atoms with Crippen LogP contribution in [0.2, 0.25) is 10.0 Å². The van der Waals surface area contributed by atoms with Crippen molar-refractivity contribution in [1.29, 1.82) is 0 Å². The van der Waals surface area contributed by atoms with E-state index in [-0.39, 0.29) is 4.90 Å². The van der Waals surface area contributed by atoms with Crippen LogP contribution >= 0.6 is 35.0 Å². The third kappa shape index (κ3) is 4.35. The number of halogens is 2. The average molecular weight is 486 g/mol. The van der Waals surface area contributed by atoms with E-state index < -0.39 is 10.0 Å². The third-order valence-corrected chi connectivity index (χ3v) is 8.64. The van der Waals surface area contributed by atoms with Crippen LogP contribution in [0.3, 0.4) is 0 Å². The van der Waals surface area contributed by atoms with Gasteiger partial charge in [-0.05, 0) is 42.8 Å². The highest BCUT2D eigenvalue weighted by atomic mass is 35.5. The highest BCUT2D eigenvalue weighted by Crippen LogP contribution is 2.31. The lowest BCUT2D eigenvalue weighted by Gasteiger charge is -2.26. The number of hydrogen-bond acceptors (Lipinski definition) is 5. The summed E-state index contributed by atoms with van der Waals surface area (Å²) >= 11 is 13.7. The number of morpholine rings is 1. The highest BCUT2D eigenvalue weighted by Gasteiger charge is 2.27. The minimum atomic E-state index is -3.56. The highest BCUT2D eigenvalue weighted by molar-refractivity contribution is 7.98. The molecular weight excluding hydrogens is 465 g/mol. The number of benzene rings is 2. The van der Waals surface area contributed by atoms with Crippen LogP contribution in [0.5, 0.6) is 0 Å². The molecule has 0 bridgehead atoms. The van der Waals surface area contributed by atoms with Gasteiger partial charge in [-0.1, -0.05) is 41.0 Å². The zero-order chi connectivity index (χ0) is 21.3. The van der Waals surface area contributed by atoms with Crippen molar-refractivity contribution in [3.05, 3.63) is 52.0 Å². The molecule has 0 radical (unpaired) electrons. The van der Waals surface area contributed by atoms with E-state index in [0.29, 0.717) is 47.6 Å². The molecule has 1 aliphatic heterocycles. The van der Waals surface area contributed by atoms with Gasteiger partial charge in [0.15, 0.2) is 5.16 Å². The Bertz CT molecular complexity index is 1180. The summed E-state index contributed by atoms with van der Waals surface area (Å²) < 4.78 is 34.8. The first-order valence-corrected chi connectivity index (χ1v) is 12.7. The second-order valence-corrected chi connectivity index (χ2v) is 10.5. The van der Waals surface area contributed by atoms with E-state index in [2.05, 4.69) is 4.57 Å². The van der Waals surface area contributed by atoms with Crippen molar-refractivity contribution in [2.75, 3.05) is 26.3 Å². The molecule has 3 aromatic rings. The lowest BCUT2D eigenvalue weighted by Crippen LogP contribution is -2.40. The van der Waals surface area contributed by atoms with Crippen LogP contribution in [0.1, 0.15) is 12.5 Å². The summed E-state index contributed by atoms with van der Waals surface area (Å²) in [6, 6.07) is 10.7. The fourth-order valence-corrected chi connectivity index (χ4v) is 6.15. The van der Waals surface area contributed by atoms with Gasteiger partial charge in [0.1, 0.15) is 0 Å². The Morgan fingerprint density at radius 1 is 1.10 bits per heavy atom. The number of thioether (sulfide) groups is 1. The van der Waals surface area contributed by atoms with Crippen LogP contribution in [-0.4, -0.2) is 48.6 Å². The predicted octanol–water partition coefficient (Wildman–Crippen LogP) is 4.68. The molecule has 2 aromatic carbocycles. The summed E-state index contributed by atoms with van der Waals surface area (Å²) in [6.07, 6.45) is 0. The van der Waals surface area contributed by atoms with Gasteiger partial charge in [-0.2, -0.15) is 4.31 Å². The second-order valence-electron chi connectivity index (χ2n) is 6.84. The van der Waals surface area contributed by atoms with Crippen LogP contribution in [0, 0.1) is 0 Å². The van der Waals surface area contributed by atoms with E-state index in [1.165, 1.54) is 4.31 Å². The fourth-order valence-electron chi connectivity index (χ4n) is 3.38. The molecule has 0 saturated carbocycles. The number of nitrogens with zero attached hydrogens (tertiary/aromatic N) is 3. The molecule has 1 aromatic heterocycles. The number of sulfonamides is 1. The lowest BCUT2D eigenvalue weighted by atomic mass is 10.2. The summed E-state index contributed by atoms with van der Waals surface area (Å²) in [5.74, 6) is 0.680. The first kappa shape index (κ1) is 21.9. The largest absolute Gasteiger partial charge is 0.379 e. The Hall–Kier alpha value is -1.29. The first-order valence-electron chi connectivity index (χ1n) is 9.55. The van der Waals surface area contributed by atoms with Crippen LogP contribution in [-0.2, 0) is 27.1 Å². The van der Waals surface area contributed by atoms with Crippen LogP contribution in [0.15, 0.2) is 46.5 Å². The summed E-state index contributed by atoms with van der Waals surface area (Å²) in [5.41, 5.74) is 2.62. The van der Waals surface area contributed by atoms with Gasteiger partial charge in [0.05, 0.1) is 39.2 Å². The summed E-state index contributed by atoms with van der Waals surface area (Å²) in [7, 11) is -3.56. The first-order chi connectivity index (χ1) is 14.4. The molecule has 6 nitrogen and oxygen atoms in total. The normalized spacial score (nSPS) is 15.7. The van der Waals surface area contributed by atoms with Crippen LogP contribution < -0.4 is 0 Å². The monoisotopic (exact) mass is 485 g/mol. The minimum Gasteiger partial charge on any atom is -0.379 e. The zero-order valence-electron chi connectivity index (χ0n) is 16.3. The van der Waals surface area contributed by atoms with Crippen molar-refractivity contribution < 1.29 is 13.2 Å². The standard InChI is InChI=1S/C20H21Cl2N3O3S2/c1-2-25-19-6-4-15(30(26,27)24-7-9-28-10-8-24)12-18(19)23-20(25)29-13-14-3-5-16(21)17(22)11-14/h3-6,11-12H,2,7-10,13H2,1H3. The van der Waals surface area contributed by atoms with Crippen molar-refractivity contribution in [2.24, 2.45) is 0 Å². The van der Waals surface area contributed by atoms with Gasteiger partial charge in [-0.3, -0.25) is 0 Å². The van der Waals surface area contributed by atoms with E-state index in [9.17, 15) is 8.42 Å². The smallest absolute Gasteiger partial charge is 0.243 e. The van der Waals surface area contributed by atoms with E-state index in [0.717, 1.165) is 22.8 Å². The SMILES string of the molecule is CCn1c(SCc2ccc(Cl)c(Cl)c2)nc2cc(S(=O)(=O)N3CCOCC3)ccc21. The lowest BCUT2D eigenvalue weighted by molar-refractivity contribution is 0.0730. The summed E-state index contributed by atoms with van der Waals surface area (Å²) in [5, 5.41) is 1.89. The van der Waals surface area contributed by atoms with Crippen molar-refractivity contribution in [2.45, 2.75) is 29.3 Å². The Labute approximate surface area is 190 Å². The Balaban J connectivity index is 1.62. The maximum absolute atomic E-state index is 13.0. The number of fused-ring (bicyclic) bond motifs is 1. The molecule has 0 atom stereocenters. The van der Waals surface area contributed by atoms with E-state index >= 15 is 0 Å². The topological polar surface area (TPSA) is 64.4 Å². The maximum atomic E-state index is 13.0. The Morgan fingerprint density at radius 3 is 2.57 bits per heavy atom. The molecule has 0 aliphatic carbocycles. The molecule has 1 fully saturated rings. The minimum absolute atomic E-state index is 0.263.